The number of hydrogen-bond donors (Lipinski definition) is 6. The summed E-state index contributed by atoms with van der Waals surface area (Å²) in [6.45, 7) is 33.3. The Balaban J connectivity index is -0.000000115. The van der Waals surface area contributed by atoms with Crippen molar-refractivity contribution in [1.29, 1.82) is 0 Å². The molecule has 0 rings (SSSR count). The summed E-state index contributed by atoms with van der Waals surface area (Å²) < 4.78 is 0. The maximum absolute atomic E-state index is 11.1. The first-order valence-corrected chi connectivity index (χ1v) is 22.9. The molecule has 61 heavy (non-hydrogen) atoms. The van der Waals surface area contributed by atoms with Crippen LogP contribution in [0.2, 0.25) is 0 Å². The Morgan fingerprint density at radius 2 is 0.459 bits per heavy atom. The van der Waals surface area contributed by atoms with Crippen LogP contribution in [-0.2, 0) is 28.8 Å². The zero-order valence-corrected chi connectivity index (χ0v) is 41.5. The van der Waals surface area contributed by atoms with Crippen molar-refractivity contribution >= 4 is 34.7 Å². The van der Waals surface area contributed by atoms with Crippen molar-refractivity contribution in [3.05, 3.63) is 0 Å². The number of carbonyl (C=O) groups is 6. The topological polar surface area (TPSA) is 224 Å². The van der Waals surface area contributed by atoms with E-state index in [0.29, 0.717) is 38.5 Å². The fraction of sp³-hybridized carbons (Fsp3) is 0.878. The van der Waals surface area contributed by atoms with Gasteiger partial charge in [-0.3, -0.25) is 28.8 Å². The first-order valence-electron chi connectivity index (χ1n) is 22.9. The number of unbranched alkanes of at least 4 members (excludes halogenated alkanes) is 2. The van der Waals surface area contributed by atoms with E-state index < -0.39 is 36.6 Å². The van der Waals surface area contributed by atoms with E-state index in [-0.39, 0.29) is 77.6 Å². The van der Waals surface area contributed by atoms with Crippen molar-refractivity contribution in [2.75, 3.05) is 0 Å². The van der Waals surface area contributed by atoms with Crippen molar-refractivity contribution in [3.8, 4) is 0 Å². The fourth-order valence-corrected chi connectivity index (χ4v) is 4.62. The monoisotopic (exact) mass is 881 g/mol. The molecule has 0 saturated heterocycles. The standard InChI is InChI=1S/2C9H18O2.2C8H16O2.2C7H14O2.CH4/c2*1-4-5-6-8(10)9(11)7(2)3;2*1-4-5-7(9)8(10)6(2)3;2*1-4-6(8)7(9)5(2)3;/h2*7-8,10H,4-6H2,1-3H3;2*6-7,9H,4-5H2,1-3H3;2*5-6,8H,4H2,1-3H3;1H4/t2*8-;2*7-;2*6-;/m101010./s1. The van der Waals surface area contributed by atoms with Crippen LogP contribution < -0.4 is 0 Å². The molecule has 0 aromatic carbocycles. The highest BCUT2D eigenvalue weighted by Gasteiger charge is 2.20. The average Bonchev–Trinajstić information content (AvgIpc) is 3.20. The van der Waals surface area contributed by atoms with Gasteiger partial charge in [0.15, 0.2) is 34.7 Å². The zero-order valence-electron chi connectivity index (χ0n) is 41.5. The number of aliphatic hydroxyl groups excluding tert-OH is 6. The molecule has 0 aliphatic carbocycles. The normalized spacial score (nSPS) is 13.5. The van der Waals surface area contributed by atoms with Gasteiger partial charge < -0.3 is 30.6 Å². The predicted molar refractivity (Wildman–Crippen MR) is 251 cm³/mol. The lowest BCUT2D eigenvalue weighted by Gasteiger charge is -2.10. The number of rotatable bonds is 24. The minimum atomic E-state index is -0.745. The van der Waals surface area contributed by atoms with Gasteiger partial charge in [-0.1, -0.05) is 171 Å². The second-order valence-corrected chi connectivity index (χ2v) is 17.1. The number of hydrogen-bond acceptors (Lipinski definition) is 12. The van der Waals surface area contributed by atoms with E-state index >= 15 is 0 Å². The van der Waals surface area contributed by atoms with E-state index in [2.05, 4.69) is 0 Å². The lowest BCUT2D eigenvalue weighted by molar-refractivity contribution is -0.131. The van der Waals surface area contributed by atoms with Gasteiger partial charge in [-0.25, -0.2) is 0 Å². The summed E-state index contributed by atoms with van der Waals surface area (Å²) >= 11 is 0. The van der Waals surface area contributed by atoms with Crippen LogP contribution in [-0.4, -0.2) is 102 Å². The van der Waals surface area contributed by atoms with Gasteiger partial charge in [0.05, 0.1) is 0 Å². The third kappa shape index (κ3) is 44.2. The number of carbonyl (C=O) groups excluding carboxylic acids is 6. The zero-order chi connectivity index (χ0) is 48.9. The highest BCUT2D eigenvalue weighted by Crippen LogP contribution is 2.09. The number of ketones is 6. The molecular formula is C49H100O12. The van der Waals surface area contributed by atoms with Gasteiger partial charge in [0.25, 0.3) is 0 Å². The third-order valence-corrected chi connectivity index (χ3v) is 8.94. The molecule has 6 atom stereocenters. The van der Waals surface area contributed by atoms with E-state index in [9.17, 15) is 39.0 Å². The Bertz CT molecular complexity index is 998. The molecule has 0 aliphatic heterocycles. The van der Waals surface area contributed by atoms with Crippen molar-refractivity contribution in [2.24, 2.45) is 35.5 Å². The predicted octanol–water partition coefficient (Wildman–Crippen LogP) is 8.87. The van der Waals surface area contributed by atoms with Crippen molar-refractivity contribution in [3.63, 3.8) is 0 Å². The summed E-state index contributed by atoms with van der Waals surface area (Å²) in [5, 5.41) is 54.7. The van der Waals surface area contributed by atoms with Gasteiger partial charge in [-0.15, -0.1) is 0 Å². The van der Waals surface area contributed by atoms with Gasteiger partial charge in [0, 0.05) is 35.5 Å². The molecule has 0 aliphatic rings. The molecule has 6 N–H and O–H groups in total. The highest BCUT2D eigenvalue weighted by molar-refractivity contribution is 5.86. The lowest BCUT2D eigenvalue weighted by Crippen LogP contribution is -2.24. The van der Waals surface area contributed by atoms with Crippen LogP contribution in [0.25, 0.3) is 0 Å². The van der Waals surface area contributed by atoms with Crippen LogP contribution in [0.15, 0.2) is 0 Å². The fourth-order valence-electron chi connectivity index (χ4n) is 4.62. The molecule has 368 valence electrons. The molecule has 0 unspecified atom stereocenters. The maximum atomic E-state index is 11.1. The molecular weight excluding hydrogens is 781 g/mol. The summed E-state index contributed by atoms with van der Waals surface area (Å²) in [5.74, 6) is -0.498. The summed E-state index contributed by atoms with van der Waals surface area (Å²) in [5.41, 5.74) is 0. The molecule has 0 bridgehead atoms. The van der Waals surface area contributed by atoms with Gasteiger partial charge in [0.2, 0.25) is 0 Å². The Morgan fingerprint density at radius 3 is 0.574 bits per heavy atom. The van der Waals surface area contributed by atoms with E-state index in [0.717, 1.165) is 38.5 Å². The van der Waals surface area contributed by atoms with E-state index in [1.54, 1.807) is 69.2 Å². The Morgan fingerprint density at radius 1 is 0.295 bits per heavy atom. The van der Waals surface area contributed by atoms with Crippen LogP contribution in [0, 0.1) is 35.5 Å². The summed E-state index contributed by atoms with van der Waals surface area (Å²) in [4.78, 5) is 65.8. The molecule has 12 nitrogen and oxygen atoms in total. The molecule has 0 radical (unpaired) electrons. The first kappa shape index (κ1) is 73.2. The molecule has 12 heteroatoms. The third-order valence-electron chi connectivity index (χ3n) is 8.94. The number of Topliss-reactive ketones (excluding diaryl/α,β-unsaturated/α-hetero) is 6. The van der Waals surface area contributed by atoms with Crippen molar-refractivity contribution in [2.45, 2.75) is 246 Å². The largest absolute Gasteiger partial charge is 0.385 e. The molecule has 0 heterocycles. The van der Waals surface area contributed by atoms with E-state index in [1.165, 1.54) is 0 Å². The van der Waals surface area contributed by atoms with Crippen LogP contribution in [0.3, 0.4) is 0 Å². The minimum Gasteiger partial charge on any atom is -0.385 e. The van der Waals surface area contributed by atoms with Crippen molar-refractivity contribution < 1.29 is 59.4 Å². The highest BCUT2D eigenvalue weighted by atomic mass is 16.3. The second-order valence-electron chi connectivity index (χ2n) is 17.1. The molecule has 0 amide bonds. The van der Waals surface area contributed by atoms with Gasteiger partial charge >= 0.3 is 0 Å². The summed E-state index contributed by atoms with van der Waals surface area (Å²) in [6.07, 6.45) is 4.71. The smallest absolute Gasteiger partial charge is 0.163 e. The van der Waals surface area contributed by atoms with Crippen molar-refractivity contribution in [1.82, 2.24) is 0 Å². The van der Waals surface area contributed by atoms with Crippen LogP contribution in [0.1, 0.15) is 209 Å². The summed E-state index contributed by atoms with van der Waals surface area (Å²) in [6, 6.07) is 0. The van der Waals surface area contributed by atoms with Gasteiger partial charge in [-0.2, -0.15) is 0 Å². The quantitative estimate of drug-likeness (QED) is 0.0535. The lowest BCUT2D eigenvalue weighted by atomic mass is 10.0. The van der Waals surface area contributed by atoms with Gasteiger partial charge in [-0.05, 0) is 38.5 Å². The molecule has 0 aromatic rings. The molecule has 0 fully saturated rings. The SMILES string of the molecule is C.CCCC[C@@H](O)C(=O)C(C)C.CCCC[C@H](O)C(=O)C(C)C.CCC[C@@H](O)C(=O)C(C)C.CCC[C@H](O)C(=O)C(C)C.CC[C@@H](O)C(=O)C(C)C.CC[C@H](O)C(=O)C(C)C. The van der Waals surface area contributed by atoms with E-state index in [1.807, 2.05) is 55.4 Å². The Hall–Kier alpha value is -2.22. The average molecular weight is 881 g/mol. The van der Waals surface area contributed by atoms with Crippen LogP contribution in [0.5, 0.6) is 0 Å². The Kier molecular flexibility index (Phi) is 54.9. The maximum Gasteiger partial charge on any atom is 0.163 e. The molecule has 0 spiro atoms. The Labute approximate surface area is 374 Å². The second kappa shape index (κ2) is 45.8. The first-order chi connectivity index (χ1) is 27.5. The van der Waals surface area contributed by atoms with Gasteiger partial charge in [0.1, 0.15) is 36.6 Å². The van der Waals surface area contributed by atoms with Crippen LogP contribution in [0.4, 0.5) is 0 Å². The molecule has 0 aromatic heterocycles. The van der Waals surface area contributed by atoms with E-state index in [4.69, 9.17) is 20.4 Å². The minimum absolute atomic E-state index is 0. The molecule has 0 saturated carbocycles. The number of aliphatic hydroxyl groups is 6. The van der Waals surface area contributed by atoms with Crippen LogP contribution >= 0.6 is 0 Å². The summed E-state index contributed by atoms with van der Waals surface area (Å²) in [7, 11) is 0.